The van der Waals surface area contributed by atoms with Crippen molar-refractivity contribution in [1.82, 2.24) is 0 Å². The van der Waals surface area contributed by atoms with Crippen LogP contribution in [-0.4, -0.2) is 36.1 Å². The van der Waals surface area contributed by atoms with E-state index >= 15 is 0 Å². The van der Waals surface area contributed by atoms with Gasteiger partial charge in [-0.1, -0.05) is 26.5 Å². The molecule has 0 unspecified atom stereocenters. The average molecular weight is 309 g/mol. The maximum atomic E-state index is 3.31. The maximum absolute atomic E-state index is 3.31. The smallest absolute Gasteiger partial charge is 1.00 e. The summed E-state index contributed by atoms with van der Waals surface area (Å²) in [5, 5.41) is 0. The minimum absolute atomic E-state index is 0. The van der Waals surface area contributed by atoms with E-state index in [0.717, 1.165) is 13.1 Å². The van der Waals surface area contributed by atoms with Gasteiger partial charge in [-0.15, -0.1) is 6.07 Å². The van der Waals surface area contributed by atoms with Crippen molar-refractivity contribution in [2.75, 3.05) is 18.0 Å². The van der Waals surface area contributed by atoms with E-state index in [9.17, 15) is 0 Å². The Morgan fingerprint density at radius 1 is 1.18 bits per heavy atom. The van der Waals surface area contributed by atoms with Gasteiger partial charge < -0.3 is 21.9 Å². The molecule has 17 heavy (non-hydrogen) atoms. The fourth-order valence-electron chi connectivity index (χ4n) is 1.67. The van der Waals surface area contributed by atoms with Crippen LogP contribution in [0, 0.1) is 6.07 Å². The zero-order chi connectivity index (χ0) is 11.5. The Balaban J connectivity index is 0. The number of rotatable bonds is 3. The SMILES string of the molecule is CCN(CC)c1[c-]ccc(C(C)(C)C)c1.[Br-].[Mg+2]. The van der Waals surface area contributed by atoms with Crippen molar-refractivity contribution in [2.45, 2.75) is 40.0 Å². The van der Waals surface area contributed by atoms with Crippen molar-refractivity contribution in [2.24, 2.45) is 0 Å². The predicted octanol–water partition coefficient (Wildman–Crippen LogP) is 0.254. The summed E-state index contributed by atoms with van der Waals surface area (Å²) in [5.74, 6) is 0. The van der Waals surface area contributed by atoms with Crippen molar-refractivity contribution < 1.29 is 17.0 Å². The number of nitrogens with zero attached hydrogens (tertiary/aromatic N) is 1. The van der Waals surface area contributed by atoms with E-state index in [1.807, 2.05) is 6.07 Å². The monoisotopic (exact) mass is 307 g/mol. The molecule has 0 aliphatic carbocycles. The summed E-state index contributed by atoms with van der Waals surface area (Å²) >= 11 is 0. The first kappa shape index (κ1) is 19.6. The fourth-order valence-corrected chi connectivity index (χ4v) is 1.67. The molecule has 1 aromatic rings. The number of benzene rings is 1. The Labute approximate surface area is 133 Å². The summed E-state index contributed by atoms with van der Waals surface area (Å²) in [5.41, 5.74) is 2.81. The average Bonchev–Trinajstić information content (AvgIpc) is 2.19. The molecule has 1 aromatic carbocycles. The second-order valence-electron chi connectivity index (χ2n) is 4.88. The van der Waals surface area contributed by atoms with Gasteiger partial charge >= 0.3 is 23.1 Å². The van der Waals surface area contributed by atoms with Gasteiger partial charge in [0.15, 0.2) is 0 Å². The van der Waals surface area contributed by atoms with Gasteiger partial charge in [0.25, 0.3) is 0 Å². The number of anilines is 1. The predicted molar refractivity (Wildman–Crippen MR) is 73.3 cm³/mol. The van der Waals surface area contributed by atoms with Crippen LogP contribution in [0.15, 0.2) is 18.2 Å². The van der Waals surface area contributed by atoms with Gasteiger partial charge in [-0.25, -0.2) is 0 Å². The Hall–Kier alpha value is 0.266. The zero-order valence-electron chi connectivity index (χ0n) is 11.7. The molecule has 0 saturated heterocycles. The van der Waals surface area contributed by atoms with E-state index < -0.39 is 0 Å². The van der Waals surface area contributed by atoms with Crippen LogP contribution in [0.3, 0.4) is 0 Å². The summed E-state index contributed by atoms with van der Waals surface area (Å²) in [6, 6.07) is 9.76. The first-order valence-electron chi connectivity index (χ1n) is 5.76. The molecular formula is C14H22BrMgN. The van der Waals surface area contributed by atoms with Crippen molar-refractivity contribution in [3.05, 3.63) is 29.8 Å². The van der Waals surface area contributed by atoms with Gasteiger partial charge in [-0.2, -0.15) is 23.8 Å². The first-order chi connectivity index (χ1) is 6.99. The standard InChI is InChI=1S/C14H22N.BrH.Mg/c1-6-15(7-2)13-10-8-9-12(11-13)14(3,4)5;;/h8-9,11H,6-7H2,1-5H3;1H;/q-1;;+2/p-1. The molecule has 0 aromatic heterocycles. The normalized spacial score (nSPS) is 10.2. The molecule has 0 saturated carbocycles. The van der Waals surface area contributed by atoms with Gasteiger partial charge in [-0.05, 0) is 19.3 Å². The van der Waals surface area contributed by atoms with Gasteiger partial charge in [-0.3, -0.25) is 0 Å². The van der Waals surface area contributed by atoms with E-state index in [1.54, 1.807) is 0 Å². The number of hydrogen-bond acceptors (Lipinski definition) is 1. The molecular weight excluding hydrogens is 286 g/mol. The first-order valence-corrected chi connectivity index (χ1v) is 5.76. The van der Waals surface area contributed by atoms with Gasteiger partial charge in [0.1, 0.15) is 0 Å². The molecule has 0 fully saturated rings. The summed E-state index contributed by atoms with van der Waals surface area (Å²) in [7, 11) is 0. The van der Waals surface area contributed by atoms with Crippen molar-refractivity contribution in [1.29, 1.82) is 0 Å². The number of hydrogen-bond donors (Lipinski definition) is 0. The van der Waals surface area contributed by atoms with Crippen LogP contribution in [0.2, 0.25) is 0 Å². The Kier molecular flexibility index (Phi) is 9.67. The topological polar surface area (TPSA) is 3.24 Å². The molecule has 0 amide bonds. The summed E-state index contributed by atoms with van der Waals surface area (Å²) < 4.78 is 0. The Bertz CT molecular complexity index is 316. The van der Waals surface area contributed by atoms with Crippen LogP contribution >= 0.6 is 0 Å². The van der Waals surface area contributed by atoms with Gasteiger partial charge in [0, 0.05) is 13.1 Å². The quantitative estimate of drug-likeness (QED) is 0.572. The molecule has 3 heteroatoms. The molecule has 0 radical (unpaired) electrons. The van der Waals surface area contributed by atoms with Crippen molar-refractivity contribution in [3.8, 4) is 0 Å². The van der Waals surface area contributed by atoms with Gasteiger partial charge in [0.2, 0.25) is 0 Å². The maximum Gasteiger partial charge on any atom is 2.00 e. The Morgan fingerprint density at radius 2 is 1.71 bits per heavy atom. The third kappa shape index (κ3) is 5.62. The molecule has 1 nitrogen and oxygen atoms in total. The van der Waals surface area contributed by atoms with Crippen LogP contribution in [-0.2, 0) is 5.41 Å². The van der Waals surface area contributed by atoms with Crippen LogP contribution in [0.5, 0.6) is 0 Å². The van der Waals surface area contributed by atoms with E-state index in [1.165, 1.54) is 11.3 Å². The van der Waals surface area contributed by atoms with E-state index in [2.05, 4.69) is 57.7 Å². The van der Waals surface area contributed by atoms with E-state index in [-0.39, 0.29) is 45.4 Å². The van der Waals surface area contributed by atoms with Gasteiger partial charge in [0.05, 0.1) is 0 Å². The molecule has 0 bridgehead atoms. The van der Waals surface area contributed by atoms with Crippen molar-refractivity contribution >= 4 is 28.7 Å². The van der Waals surface area contributed by atoms with E-state index in [4.69, 9.17) is 0 Å². The summed E-state index contributed by atoms with van der Waals surface area (Å²) in [4.78, 5) is 2.33. The molecule has 0 heterocycles. The molecule has 0 atom stereocenters. The Morgan fingerprint density at radius 3 is 2.12 bits per heavy atom. The van der Waals surface area contributed by atoms with Crippen molar-refractivity contribution in [3.63, 3.8) is 0 Å². The summed E-state index contributed by atoms with van der Waals surface area (Å²) in [6.07, 6.45) is 0. The molecule has 0 aliphatic rings. The van der Waals surface area contributed by atoms with E-state index in [0.29, 0.717) is 0 Å². The largest absolute Gasteiger partial charge is 2.00 e. The van der Waals surface area contributed by atoms with Crippen LogP contribution < -0.4 is 21.9 Å². The molecule has 92 valence electrons. The third-order valence-electron chi connectivity index (χ3n) is 2.76. The second-order valence-corrected chi connectivity index (χ2v) is 4.88. The zero-order valence-corrected chi connectivity index (χ0v) is 14.7. The number of halogens is 1. The minimum Gasteiger partial charge on any atom is -1.00 e. The molecule has 0 spiro atoms. The summed E-state index contributed by atoms with van der Waals surface area (Å²) in [6.45, 7) is 13.2. The van der Waals surface area contributed by atoms with Crippen LogP contribution in [0.1, 0.15) is 40.2 Å². The van der Waals surface area contributed by atoms with Crippen LogP contribution in [0.4, 0.5) is 5.69 Å². The molecule has 1 rings (SSSR count). The fraction of sp³-hybridized carbons (Fsp3) is 0.571. The molecule has 0 aliphatic heterocycles. The molecule has 0 N–H and O–H groups in total. The minimum atomic E-state index is 0. The second kappa shape index (κ2) is 8.38. The third-order valence-corrected chi connectivity index (χ3v) is 2.76. The van der Waals surface area contributed by atoms with Crippen LogP contribution in [0.25, 0.3) is 0 Å².